The van der Waals surface area contributed by atoms with E-state index in [9.17, 15) is 4.79 Å². The van der Waals surface area contributed by atoms with E-state index in [0.717, 1.165) is 44.5 Å². The maximum atomic E-state index is 11.9. The van der Waals surface area contributed by atoms with Gasteiger partial charge in [-0.1, -0.05) is 31.0 Å². The van der Waals surface area contributed by atoms with Gasteiger partial charge in [0.2, 0.25) is 5.91 Å². The van der Waals surface area contributed by atoms with Crippen LogP contribution in [0.3, 0.4) is 0 Å². The maximum Gasteiger partial charge on any atom is 0.222 e. The zero-order valence-corrected chi connectivity index (χ0v) is 12.6. The minimum absolute atomic E-state index is 0.243. The third-order valence-corrected chi connectivity index (χ3v) is 3.86. The molecule has 1 amide bonds. The lowest BCUT2D eigenvalue weighted by molar-refractivity contribution is -0.133. The minimum Gasteiger partial charge on any atom is -0.490 e. The average molecular weight is 275 g/mol. The van der Waals surface area contributed by atoms with Crippen molar-refractivity contribution in [2.45, 2.75) is 52.1 Å². The number of amides is 1. The Morgan fingerprint density at radius 2 is 1.90 bits per heavy atom. The van der Waals surface area contributed by atoms with Crippen LogP contribution in [-0.4, -0.2) is 30.0 Å². The smallest absolute Gasteiger partial charge is 0.222 e. The fourth-order valence-electron chi connectivity index (χ4n) is 2.52. The molecule has 0 atom stereocenters. The van der Waals surface area contributed by atoms with Crippen LogP contribution in [0.1, 0.15) is 44.6 Å². The van der Waals surface area contributed by atoms with Gasteiger partial charge in [-0.25, -0.2) is 0 Å². The highest BCUT2D eigenvalue weighted by Gasteiger charge is 2.23. The van der Waals surface area contributed by atoms with Crippen LogP contribution in [0.5, 0.6) is 5.75 Å². The summed E-state index contributed by atoms with van der Waals surface area (Å²) >= 11 is 0. The molecule has 1 aliphatic heterocycles. The molecule has 2 rings (SSSR count). The second-order valence-corrected chi connectivity index (χ2v) is 5.61. The number of benzene rings is 1. The normalized spacial score (nSPS) is 16.2. The molecule has 1 aromatic rings. The number of carbonyl (C=O) groups excluding carboxylic acids is 1. The summed E-state index contributed by atoms with van der Waals surface area (Å²) in [5.74, 6) is 1.24. The van der Waals surface area contributed by atoms with Crippen molar-refractivity contribution in [3.8, 4) is 5.75 Å². The number of likely N-dealkylation sites (tertiary alicyclic amines) is 1. The quantitative estimate of drug-likeness (QED) is 0.822. The molecule has 0 spiro atoms. The van der Waals surface area contributed by atoms with Crippen molar-refractivity contribution >= 4 is 5.91 Å². The van der Waals surface area contributed by atoms with Gasteiger partial charge in [0, 0.05) is 32.4 Å². The van der Waals surface area contributed by atoms with Crippen LogP contribution in [0.4, 0.5) is 0 Å². The molecule has 0 bridgehead atoms. The first-order chi connectivity index (χ1) is 9.69. The third kappa shape index (κ3) is 4.26. The van der Waals surface area contributed by atoms with E-state index in [1.54, 1.807) is 0 Å². The Balaban J connectivity index is 1.76. The largest absolute Gasteiger partial charge is 0.490 e. The number of rotatable bonds is 5. The molecule has 0 radical (unpaired) electrons. The molecule has 0 aliphatic carbocycles. The van der Waals surface area contributed by atoms with E-state index in [-0.39, 0.29) is 6.10 Å². The lowest BCUT2D eigenvalue weighted by Crippen LogP contribution is -2.41. The summed E-state index contributed by atoms with van der Waals surface area (Å²) in [4.78, 5) is 13.9. The Labute approximate surface area is 121 Å². The molecule has 0 saturated carbocycles. The van der Waals surface area contributed by atoms with E-state index in [0.29, 0.717) is 12.3 Å². The lowest BCUT2D eigenvalue weighted by Gasteiger charge is -2.32. The van der Waals surface area contributed by atoms with Gasteiger partial charge in [0.15, 0.2) is 0 Å². The summed E-state index contributed by atoms with van der Waals surface area (Å²) < 4.78 is 5.98. The van der Waals surface area contributed by atoms with Crippen molar-refractivity contribution in [2.24, 2.45) is 0 Å². The number of nitrogens with zero attached hydrogens (tertiary/aromatic N) is 1. The second kappa shape index (κ2) is 7.32. The Hall–Kier alpha value is -1.51. The van der Waals surface area contributed by atoms with Crippen LogP contribution in [0.25, 0.3) is 0 Å². The summed E-state index contributed by atoms with van der Waals surface area (Å²) in [7, 11) is 0. The number of hydrogen-bond acceptors (Lipinski definition) is 2. The average Bonchev–Trinajstić information content (AvgIpc) is 2.48. The van der Waals surface area contributed by atoms with Gasteiger partial charge in [-0.15, -0.1) is 0 Å². The highest BCUT2D eigenvalue weighted by atomic mass is 16.5. The molecule has 3 nitrogen and oxygen atoms in total. The molecule has 3 heteroatoms. The predicted octanol–water partition coefficient (Wildman–Crippen LogP) is 3.56. The highest BCUT2D eigenvalue weighted by molar-refractivity contribution is 5.76. The molecule has 0 unspecified atom stereocenters. The van der Waals surface area contributed by atoms with Gasteiger partial charge in [0.1, 0.15) is 11.9 Å². The number of hydrogen-bond donors (Lipinski definition) is 0. The molecule has 1 saturated heterocycles. The molecule has 1 fully saturated rings. The lowest BCUT2D eigenvalue weighted by atomic mass is 10.1. The zero-order chi connectivity index (χ0) is 14.4. The monoisotopic (exact) mass is 275 g/mol. The van der Waals surface area contributed by atoms with Crippen molar-refractivity contribution in [2.75, 3.05) is 13.1 Å². The van der Waals surface area contributed by atoms with E-state index < -0.39 is 0 Å². The van der Waals surface area contributed by atoms with Crippen LogP contribution < -0.4 is 4.74 Å². The molecule has 20 heavy (non-hydrogen) atoms. The second-order valence-electron chi connectivity index (χ2n) is 5.61. The molecule has 110 valence electrons. The third-order valence-electron chi connectivity index (χ3n) is 3.86. The molecule has 1 aromatic carbocycles. The van der Waals surface area contributed by atoms with Gasteiger partial charge in [0.25, 0.3) is 0 Å². The Morgan fingerprint density at radius 3 is 2.50 bits per heavy atom. The summed E-state index contributed by atoms with van der Waals surface area (Å²) in [6.07, 6.45) is 4.89. The SMILES string of the molecule is CCCCC(=O)N1CCC(Oc2ccc(C)cc2)CC1. The molecule has 1 aliphatic rings. The number of piperidine rings is 1. The van der Waals surface area contributed by atoms with E-state index in [1.807, 2.05) is 17.0 Å². The summed E-state index contributed by atoms with van der Waals surface area (Å²) in [5.41, 5.74) is 1.24. The molecular weight excluding hydrogens is 250 g/mol. The Kier molecular flexibility index (Phi) is 5.45. The number of aryl methyl sites for hydroxylation is 1. The van der Waals surface area contributed by atoms with Crippen molar-refractivity contribution in [1.29, 1.82) is 0 Å². The summed E-state index contributed by atoms with van der Waals surface area (Å²) in [5, 5.41) is 0. The van der Waals surface area contributed by atoms with E-state index >= 15 is 0 Å². The van der Waals surface area contributed by atoms with Gasteiger partial charge < -0.3 is 9.64 Å². The Morgan fingerprint density at radius 1 is 1.25 bits per heavy atom. The molecule has 0 aromatic heterocycles. The van der Waals surface area contributed by atoms with Crippen LogP contribution in [0, 0.1) is 6.92 Å². The fourth-order valence-corrected chi connectivity index (χ4v) is 2.52. The number of ether oxygens (including phenoxy) is 1. The molecule has 1 heterocycles. The van der Waals surface area contributed by atoms with Crippen LogP contribution in [0.2, 0.25) is 0 Å². The summed E-state index contributed by atoms with van der Waals surface area (Å²) in [6.45, 7) is 5.86. The first kappa shape index (κ1) is 14.9. The highest BCUT2D eigenvalue weighted by Crippen LogP contribution is 2.20. The van der Waals surface area contributed by atoms with Crippen molar-refractivity contribution < 1.29 is 9.53 Å². The molecular formula is C17H25NO2. The maximum absolute atomic E-state index is 11.9. The summed E-state index contributed by atoms with van der Waals surface area (Å²) in [6, 6.07) is 8.18. The predicted molar refractivity (Wildman–Crippen MR) is 80.9 cm³/mol. The minimum atomic E-state index is 0.243. The molecule has 0 N–H and O–H groups in total. The van der Waals surface area contributed by atoms with Gasteiger partial charge in [0.05, 0.1) is 0 Å². The number of unbranched alkanes of at least 4 members (excludes halogenated alkanes) is 1. The number of carbonyl (C=O) groups is 1. The van der Waals surface area contributed by atoms with Crippen molar-refractivity contribution in [1.82, 2.24) is 4.90 Å². The van der Waals surface area contributed by atoms with Gasteiger partial charge in [-0.2, -0.15) is 0 Å². The fraction of sp³-hybridized carbons (Fsp3) is 0.588. The van der Waals surface area contributed by atoms with E-state index in [2.05, 4.69) is 26.0 Å². The van der Waals surface area contributed by atoms with E-state index in [1.165, 1.54) is 5.56 Å². The van der Waals surface area contributed by atoms with Crippen molar-refractivity contribution in [3.63, 3.8) is 0 Å². The van der Waals surface area contributed by atoms with Gasteiger partial charge in [-0.3, -0.25) is 4.79 Å². The topological polar surface area (TPSA) is 29.5 Å². The van der Waals surface area contributed by atoms with Crippen molar-refractivity contribution in [3.05, 3.63) is 29.8 Å². The standard InChI is InChI=1S/C17H25NO2/c1-3-4-5-17(19)18-12-10-16(11-13-18)20-15-8-6-14(2)7-9-15/h6-9,16H,3-5,10-13H2,1-2H3. The van der Waals surface area contributed by atoms with Gasteiger partial charge in [-0.05, 0) is 25.5 Å². The van der Waals surface area contributed by atoms with E-state index in [4.69, 9.17) is 4.74 Å². The first-order valence-electron chi connectivity index (χ1n) is 7.70. The van der Waals surface area contributed by atoms with Crippen LogP contribution >= 0.6 is 0 Å². The first-order valence-corrected chi connectivity index (χ1v) is 7.70. The Bertz CT molecular complexity index is 419. The van der Waals surface area contributed by atoms with Crippen LogP contribution in [-0.2, 0) is 4.79 Å². The zero-order valence-electron chi connectivity index (χ0n) is 12.6. The van der Waals surface area contributed by atoms with Gasteiger partial charge >= 0.3 is 0 Å². The van der Waals surface area contributed by atoms with Crippen LogP contribution in [0.15, 0.2) is 24.3 Å².